The third kappa shape index (κ3) is 57.1. The minimum Gasteiger partial charge on any atom is -0.466 e. The van der Waals surface area contributed by atoms with E-state index < -0.39 is 12.1 Å². The van der Waals surface area contributed by atoms with Crippen LogP contribution in [0, 0.1) is 0 Å². The number of carbonyl (C=O) groups is 2. The number of aliphatic hydroxyl groups is 2. The summed E-state index contributed by atoms with van der Waals surface area (Å²) in [6.45, 7) is 4.85. The van der Waals surface area contributed by atoms with Gasteiger partial charge in [0.2, 0.25) is 5.91 Å². The minimum atomic E-state index is -0.862. The van der Waals surface area contributed by atoms with Gasteiger partial charge in [0, 0.05) is 12.8 Å². The zero-order chi connectivity index (χ0) is 52.2. The summed E-state index contributed by atoms with van der Waals surface area (Å²) >= 11 is 0. The van der Waals surface area contributed by atoms with Crippen LogP contribution in [0.3, 0.4) is 0 Å². The lowest BCUT2D eigenvalue weighted by atomic mass is 10.0. The number of hydrogen-bond donors (Lipinski definition) is 3. The van der Waals surface area contributed by atoms with E-state index in [1.807, 2.05) is 6.08 Å². The first-order valence-corrected chi connectivity index (χ1v) is 31.9. The summed E-state index contributed by atoms with van der Waals surface area (Å²) in [4.78, 5) is 24.5. The first kappa shape index (κ1) is 69.8. The highest BCUT2D eigenvalue weighted by atomic mass is 16.5. The predicted molar refractivity (Wildman–Crippen MR) is 315 cm³/mol. The van der Waals surface area contributed by atoms with Gasteiger partial charge in [-0.2, -0.15) is 0 Å². The van der Waals surface area contributed by atoms with Gasteiger partial charge in [0.25, 0.3) is 0 Å². The number of carbonyl (C=O) groups excluding carboxylic acids is 2. The average molecular weight is 1010 g/mol. The highest BCUT2D eigenvalue weighted by molar-refractivity contribution is 5.76. The van der Waals surface area contributed by atoms with Gasteiger partial charge in [-0.3, -0.25) is 9.59 Å². The monoisotopic (exact) mass is 1010 g/mol. The number of esters is 1. The predicted octanol–water partition coefficient (Wildman–Crippen LogP) is 20.1. The number of unbranched alkanes of at least 4 members (excludes halogenated alkanes) is 43. The molecular formula is C66H123NO5. The smallest absolute Gasteiger partial charge is 0.305 e. The molecule has 0 bridgehead atoms. The Morgan fingerprint density at radius 2 is 0.694 bits per heavy atom. The molecular weight excluding hydrogens is 887 g/mol. The molecule has 0 aliphatic carbocycles. The Bertz CT molecular complexity index is 1210. The summed E-state index contributed by atoms with van der Waals surface area (Å²) in [5.41, 5.74) is 0. The standard InChI is InChI=1S/C66H123NO5/c1-3-5-7-9-11-13-15-17-19-20-21-22-23-24-25-26-27-28-31-34-38-42-46-50-54-58-64(69)63(62-68)67-65(70)59-55-51-47-43-39-35-32-29-33-37-41-45-49-53-57-61-72-66(71)60-56-52-48-44-40-36-30-18-16-14-12-10-8-6-4-2/h18,29-30,33,37,41,54,58,63-64,68-69H,3-17,19-28,31-32,34-36,38-40,42-53,55-57,59-62H2,1-2H3,(H,67,70)/b30-18-,33-29-,41-37-,58-54+. The molecule has 2 unspecified atom stereocenters. The number of amides is 1. The zero-order valence-corrected chi connectivity index (χ0v) is 48.2. The second kappa shape index (κ2) is 61.4. The fourth-order valence-corrected chi connectivity index (χ4v) is 9.68. The summed E-state index contributed by atoms with van der Waals surface area (Å²) in [6.07, 6.45) is 78.7. The van der Waals surface area contributed by atoms with Gasteiger partial charge in [-0.05, 0) is 89.9 Å². The van der Waals surface area contributed by atoms with Gasteiger partial charge >= 0.3 is 5.97 Å². The van der Waals surface area contributed by atoms with Crippen molar-refractivity contribution in [3.8, 4) is 0 Å². The molecule has 0 rings (SSSR count). The van der Waals surface area contributed by atoms with E-state index in [0.29, 0.717) is 19.4 Å². The molecule has 0 spiro atoms. The van der Waals surface area contributed by atoms with Crippen molar-refractivity contribution in [3.63, 3.8) is 0 Å². The quantitative estimate of drug-likeness (QED) is 0.0244. The SMILES string of the molecule is CCCCCCCC/C=C\CCCCCCCC(=O)OCCCCC/C=C\C=C/CCCCCCCCC(=O)NC(CO)C(O)/C=C/CCCCCCCCCCCCCCCCCCCCCCCCC. The van der Waals surface area contributed by atoms with E-state index in [1.54, 1.807) is 6.08 Å². The van der Waals surface area contributed by atoms with Crippen LogP contribution in [0.4, 0.5) is 0 Å². The summed E-state index contributed by atoms with van der Waals surface area (Å²) < 4.78 is 5.45. The minimum absolute atomic E-state index is 0.0305. The van der Waals surface area contributed by atoms with Crippen molar-refractivity contribution < 1.29 is 24.5 Å². The maximum atomic E-state index is 12.5. The normalized spacial score (nSPS) is 12.9. The third-order valence-electron chi connectivity index (χ3n) is 14.6. The zero-order valence-electron chi connectivity index (χ0n) is 48.2. The Morgan fingerprint density at radius 3 is 1.07 bits per heavy atom. The van der Waals surface area contributed by atoms with Gasteiger partial charge in [-0.25, -0.2) is 0 Å². The lowest BCUT2D eigenvalue weighted by molar-refractivity contribution is -0.143. The summed E-state index contributed by atoms with van der Waals surface area (Å²) in [5.74, 6) is -0.119. The molecule has 0 heterocycles. The molecule has 0 aliphatic heterocycles. The Morgan fingerprint density at radius 1 is 0.389 bits per heavy atom. The van der Waals surface area contributed by atoms with Gasteiger partial charge in [0.1, 0.15) is 0 Å². The molecule has 3 N–H and O–H groups in total. The van der Waals surface area contributed by atoms with Crippen LogP contribution in [0.2, 0.25) is 0 Å². The second-order valence-electron chi connectivity index (χ2n) is 21.8. The van der Waals surface area contributed by atoms with Crippen LogP contribution in [0.1, 0.15) is 335 Å². The van der Waals surface area contributed by atoms with Gasteiger partial charge < -0.3 is 20.3 Å². The van der Waals surface area contributed by atoms with Gasteiger partial charge in [0.15, 0.2) is 0 Å². The molecule has 0 saturated carbocycles. The molecule has 1 amide bonds. The Kier molecular flexibility index (Phi) is 59.5. The topological polar surface area (TPSA) is 95.9 Å². The van der Waals surface area contributed by atoms with Crippen molar-refractivity contribution in [1.29, 1.82) is 0 Å². The number of aliphatic hydroxyl groups excluding tert-OH is 2. The largest absolute Gasteiger partial charge is 0.466 e. The molecule has 0 aliphatic rings. The van der Waals surface area contributed by atoms with Crippen molar-refractivity contribution in [2.45, 2.75) is 347 Å². The molecule has 422 valence electrons. The van der Waals surface area contributed by atoms with Crippen LogP contribution in [-0.4, -0.2) is 47.4 Å². The first-order valence-electron chi connectivity index (χ1n) is 31.9. The maximum Gasteiger partial charge on any atom is 0.305 e. The van der Waals surface area contributed by atoms with Crippen LogP contribution in [0.15, 0.2) is 48.6 Å². The fourth-order valence-electron chi connectivity index (χ4n) is 9.68. The van der Waals surface area contributed by atoms with Crippen molar-refractivity contribution >= 4 is 11.9 Å². The number of rotatable bonds is 59. The van der Waals surface area contributed by atoms with E-state index in [9.17, 15) is 19.8 Å². The molecule has 0 aromatic rings. The Labute approximate surface area is 448 Å². The van der Waals surface area contributed by atoms with E-state index in [4.69, 9.17) is 4.74 Å². The molecule has 0 aromatic heterocycles. The molecule has 6 heteroatoms. The second-order valence-corrected chi connectivity index (χ2v) is 21.8. The number of ether oxygens (including phenoxy) is 1. The van der Waals surface area contributed by atoms with Crippen LogP contribution < -0.4 is 5.32 Å². The first-order chi connectivity index (χ1) is 35.5. The van der Waals surface area contributed by atoms with Crippen LogP contribution in [0.5, 0.6) is 0 Å². The molecule has 72 heavy (non-hydrogen) atoms. The van der Waals surface area contributed by atoms with Crippen molar-refractivity contribution in [2.75, 3.05) is 13.2 Å². The molecule has 0 radical (unpaired) electrons. The van der Waals surface area contributed by atoms with E-state index in [0.717, 1.165) is 77.0 Å². The van der Waals surface area contributed by atoms with Gasteiger partial charge in [-0.15, -0.1) is 0 Å². The molecule has 2 atom stereocenters. The number of nitrogens with one attached hydrogen (secondary N) is 1. The van der Waals surface area contributed by atoms with Crippen molar-refractivity contribution in [3.05, 3.63) is 48.6 Å². The van der Waals surface area contributed by atoms with E-state index in [-0.39, 0.29) is 18.5 Å². The van der Waals surface area contributed by atoms with Crippen molar-refractivity contribution in [1.82, 2.24) is 5.32 Å². The number of hydrogen-bond acceptors (Lipinski definition) is 5. The van der Waals surface area contributed by atoms with E-state index >= 15 is 0 Å². The fraction of sp³-hybridized carbons (Fsp3) is 0.848. The summed E-state index contributed by atoms with van der Waals surface area (Å²) in [5, 5.41) is 23.2. The van der Waals surface area contributed by atoms with Crippen LogP contribution in [0.25, 0.3) is 0 Å². The summed E-state index contributed by atoms with van der Waals surface area (Å²) in [6, 6.07) is -0.647. The third-order valence-corrected chi connectivity index (χ3v) is 14.6. The molecule has 6 nitrogen and oxygen atoms in total. The molecule has 0 fully saturated rings. The van der Waals surface area contributed by atoms with E-state index in [2.05, 4.69) is 55.6 Å². The van der Waals surface area contributed by atoms with Gasteiger partial charge in [0.05, 0.1) is 25.4 Å². The lowest BCUT2D eigenvalue weighted by Gasteiger charge is -2.20. The Balaban J connectivity index is 3.54. The van der Waals surface area contributed by atoms with Crippen molar-refractivity contribution in [2.24, 2.45) is 0 Å². The highest BCUT2D eigenvalue weighted by Crippen LogP contribution is 2.17. The van der Waals surface area contributed by atoms with Gasteiger partial charge in [-0.1, -0.05) is 281 Å². The van der Waals surface area contributed by atoms with Crippen LogP contribution >= 0.6 is 0 Å². The average Bonchev–Trinajstić information content (AvgIpc) is 3.38. The number of allylic oxidation sites excluding steroid dienone is 7. The maximum absolute atomic E-state index is 12.5. The Hall–Kier alpha value is -2.18. The molecule has 0 saturated heterocycles. The molecule has 0 aromatic carbocycles. The highest BCUT2D eigenvalue weighted by Gasteiger charge is 2.18. The van der Waals surface area contributed by atoms with Crippen LogP contribution in [-0.2, 0) is 14.3 Å². The van der Waals surface area contributed by atoms with E-state index in [1.165, 1.54) is 231 Å². The lowest BCUT2D eigenvalue weighted by Crippen LogP contribution is -2.45. The summed E-state index contributed by atoms with van der Waals surface area (Å²) in [7, 11) is 0.